The van der Waals surface area contributed by atoms with E-state index in [4.69, 9.17) is 10.00 Å². The fraction of sp³-hybridized carbons (Fsp3) is 0.286. The molecule has 0 bridgehead atoms. The second-order valence-electron chi connectivity index (χ2n) is 1.95. The molecule has 11 heavy (non-hydrogen) atoms. The first-order valence-electron chi connectivity index (χ1n) is 3.05. The molecule has 0 saturated carbocycles. The summed E-state index contributed by atoms with van der Waals surface area (Å²) in [5.74, 6) is 0.987. The van der Waals surface area contributed by atoms with Gasteiger partial charge in [-0.05, 0) is 6.92 Å². The van der Waals surface area contributed by atoms with Gasteiger partial charge in [0.25, 0.3) is 0 Å². The SMILES string of the molecule is COc1cnc(C)nc1C#N. The van der Waals surface area contributed by atoms with Crippen molar-refractivity contribution in [2.24, 2.45) is 0 Å². The minimum atomic E-state index is 0.278. The van der Waals surface area contributed by atoms with Crippen LogP contribution in [0.1, 0.15) is 11.5 Å². The van der Waals surface area contributed by atoms with Crippen LogP contribution >= 0.6 is 0 Å². The maximum atomic E-state index is 8.55. The summed E-state index contributed by atoms with van der Waals surface area (Å²) in [4.78, 5) is 7.74. The van der Waals surface area contributed by atoms with Crippen LogP contribution in [0.4, 0.5) is 0 Å². The zero-order valence-corrected chi connectivity index (χ0v) is 6.33. The molecule has 1 aromatic heterocycles. The third kappa shape index (κ3) is 1.44. The van der Waals surface area contributed by atoms with Crippen LogP contribution in [0.15, 0.2) is 6.20 Å². The highest BCUT2D eigenvalue weighted by molar-refractivity contribution is 5.34. The number of nitriles is 1. The molecule has 0 spiro atoms. The van der Waals surface area contributed by atoms with E-state index >= 15 is 0 Å². The van der Waals surface area contributed by atoms with Crippen LogP contribution < -0.4 is 4.74 Å². The van der Waals surface area contributed by atoms with Gasteiger partial charge in [0.05, 0.1) is 13.3 Å². The Kier molecular flexibility index (Phi) is 2.02. The normalized spacial score (nSPS) is 8.82. The van der Waals surface area contributed by atoms with E-state index in [1.165, 1.54) is 13.3 Å². The fourth-order valence-electron chi connectivity index (χ4n) is 0.688. The van der Waals surface area contributed by atoms with E-state index < -0.39 is 0 Å². The number of aryl methyl sites for hydroxylation is 1. The van der Waals surface area contributed by atoms with Crippen molar-refractivity contribution >= 4 is 0 Å². The highest BCUT2D eigenvalue weighted by atomic mass is 16.5. The molecule has 0 amide bonds. The molecule has 0 atom stereocenters. The Balaban J connectivity index is 3.19. The van der Waals surface area contributed by atoms with Gasteiger partial charge in [0.2, 0.25) is 0 Å². The summed E-state index contributed by atoms with van der Waals surface area (Å²) in [7, 11) is 1.48. The smallest absolute Gasteiger partial charge is 0.186 e. The number of rotatable bonds is 1. The van der Waals surface area contributed by atoms with Gasteiger partial charge in [0.15, 0.2) is 11.4 Å². The first kappa shape index (κ1) is 7.48. The maximum Gasteiger partial charge on any atom is 0.186 e. The molecule has 0 saturated heterocycles. The predicted octanol–water partition coefficient (Wildman–Crippen LogP) is 0.665. The predicted molar refractivity (Wildman–Crippen MR) is 38.0 cm³/mol. The zero-order valence-electron chi connectivity index (χ0n) is 6.33. The van der Waals surface area contributed by atoms with E-state index in [2.05, 4.69) is 9.97 Å². The van der Waals surface area contributed by atoms with Gasteiger partial charge in [-0.2, -0.15) is 5.26 Å². The van der Waals surface area contributed by atoms with Crippen LogP contribution in [-0.2, 0) is 0 Å². The first-order chi connectivity index (χ1) is 5.27. The van der Waals surface area contributed by atoms with Crippen LogP contribution in [0.2, 0.25) is 0 Å². The second-order valence-corrected chi connectivity index (χ2v) is 1.95. The average Bonchev–Trinajstić information content (AvgIpc) is 2.04. The molecule has 4 nitrogen and oxygen atoms in total. The van der Waals surface area contributed by atoms with Crippen molar-refractivity contribution in [1.82, 2.24) is 9.97 Å². The Morgan fingerprint density at radius 2 is 2.36 bits per heavy atom. The summed E-state index contributed by atoms with van der Waals surface area (Å²) < 4.78 is 4.84. The minimum absolute atomic E-state index is 0.278. The third-order valence-corrected chi connectivity index (χ3v) is 1.20. The van der Waals surface area contributed by atoms with Crippen molar-refractivity contribution in [3.05, 3.63) is 17.7 Å². The number of ether oxygens (including phenoxy) is 1. The standard InChI is InChI=1S/C7H7N3O/c1-5-9-4-7(11-2)6(3-8)10-5/h4H,1-2H3. The van der Waals surface area contributed by atoms with Gasteiger partial charge in [0.1, 0.15) is 11.9 Å². The number of hydrogen-bond acceptors (Lipinski definition) is 4. The number of aromatic nitrogens is 2. The molecule has 0 N–H and O–H groups in total. The Bertz CT molecular complexity index is 303. The molecule has 0 aromatic carbocycles. The molecule has 4 heteroatoms. The van der Waals surface area contributed by atoms with Crippen LogP contribution in [0, 0.1) is 18.3 Å². The average molecular weight is 149 g/mol. The Hall–Kier alpha value is -1.63. The molecule has 1 heterocycles. The molecule has 56 valence electrons. The lowest BCUT2D eigenvalue weighted by atomic mass is 10.4. The lowest BCUT2D eigenvalue weighted by molar-refractivity contribution is 0.408. The Morgan fingerprint density at radius 1 is 1.64 bits per heavy atom. The van der Waals surface area contributed by atoms with E-state index in [-0.39, 0.29) is 5.69 Å². The third-order valence-electron chi connectivity index (χ3n) is 1.20. The number of methoxy groups -OCH3 is 1. The fourth-order valence-corrected chi connectivity index (χ4v) is 0.688. The summed E-state index contributed by atoms with van der Waals surface area (Å²) in [6, 6.07) is 1.91. The van der Waals surface area contributed by atoms with E-state index in [0.717, 1.165) is 0 Å². The quantitative estimate of drug-likeness (QED) is 0.588. The van der Waals surface area contributed by atoms with E-state index in [0.29, 0.717) is 11.6 Å². The first-order valence-corrected chi connectivity index (χ1v) is 3.05. The van der Waals surface area contributed by atoms with Crippen LogP contribution in [0.3, 0.4) is 0 Å². The van der Waals surface area contributed by atoms with Gasteiger partial charge < -0.3 is 4.74 Å². The van der Waals surface area contributed by atoms with Gasteiger partial charge in [-0.15, -0.1) is 0 Å². The highest BCUT2D eigenvalue weighted by Crippen LogP contribution is 2.11. The molecular weight excluding hydrogens is 142 g/mol. The van der Waals surface area contributed by atoms with Crippen molar-refractivity contribution in [2.45, 2.75) is 6.92 Å². The van der Waals surface area contributed by atoms with Crippen molar-refractivity contribution < 1.29 is 4.74 Å². The largest absolute Gasteiger partial charge is 0.492 e. The second kappa shape index (κ2) is 2.97. The molecule has 0 fully saturated rings. The molecule has 0 radical (unpaired) electrons. The highest BCUT2D eigenvalue weighted by Gasteiger charge is 2.02. The van der Waals surface area contributed by atoms with Crippen LogP contribution in [0.25, 0.3) is 0 Å². The Labute approximate surface area is 64.5 Å². The summed E-state index contributed by atoms with van der Waals surface area (Å²) in [5, 5.41) is 8.55. The lowest BCUT2D eigenvalue weighted by Crippen LogP contribution is -1.95. The molecule has 0 aliphatic rings. The summed E-state index contributed by atoms with van der Waals surface area (Å²) in [6.45, 7) is 1.72. The van der Waals surface area contributed by atoms with E-state index in [1.807, 2.05) is 6.07 Å². The zero-order chi connectivity index (χ0) is 8.27. The van der Waals surface area contributed by atoms with Crippen molar-refractivity contribution in [1.29, 1.82) is 5.26 Å². The van der Waals surface area contributed by atoms with Gasteiger partial charge in [-0.1, -0.05) is 0 Å². The summed E-state index contributed by atoms with van der Waals surface area (Å²) >= 11 is 0. The summed E-state index contributed by atoms with van der Waals surface area (Å²) in [6.07, 6.45) is 1.49. The van der Waals surface area contributed by atoms with Gasteiger partial charge >= 0.3 is 0 Å². The molecule has 0 aliphatic carbocycles. The maximum absolute atomic E-state index is 8.55. The molecular formula is C7H7N3O. The molecule has 1 aromatic rings. The minimum Gasteiger partial charge on any atom is -0.492 e. The van der Waals surface area contributed by atoms with Gasteiger partial charge in [-0.25, -0.2) is 9.97 Å². The topological polar surface area (TPSA) is 58.8 Å². The molecule has 1 rings (SSSR count). The van der Waals surface area contributed by atoms with E-state index in [1.54, 1.807) is 6.92 Å². The van der Waals surface area contributed by atoms with Crippen molar-refractivity contribution in [3.8, 4) is 11.8 Å². The van der Waals surface area contributed by atoms with Gasteiger partial charge in [-0.3, -0.25) is 0 Å². The summed E-state index contributed by atoms with van der Waals surface area (Å²) in [5.41, 5.74) is 0.278. The monoisotopic (exact) mass is 149 g/mol. The number of hydrogen-bond donors (Lipinski definition) is 0. The number of nitrogens with zero attached hydrogens (tertiary/aromatic N) is 3. The lowest BCUT2D eigenvalue weighted by Gasteiger charge is -1.99. The Morgan fingerprint density at radius 3 is 2.91 bits per heavy atom. The van der Waals surface area contributed by atoms with Crippen molar-refractivity contribution in [2.75, 3.05) is 7.11 Å². The van der Waals surface area contributed by atoms with Crippen LogP contribution in [0.5, 0.6) is 5.75 Å². The van der Waals surface area contributed by atoms with Crippen LogP contribution in [-0.4, -0.2) is 17.1 Å². The molecule has 0 aliphatic heterocycles. The molecule has 0 unspecified atom stereocenters. The van der Waals surface area contributed by atoms with Crippen molar-refractivity contribution in [3.63, 3.8) is 0 Å². The van der Waals surface area contributed by atoms with E-state index in [9.17, 15) is 0 Å². The van der Waals surface area contributed by atoms with Gasteiger partial charge in [0, 0.05) is 0 Å².